The minimum absolute atomic E-state index is 0.170. The quantitative estimate of drug-likeness (QED) is 0.489. The standard InChI is InChI=1S/C6H12NO3/c1-9-4-5-10-3-2-6(7)8/h7H,2-5H2,1H3. The number of ether oxygens (including phenoxy) is 2. The third-order valence-electron chi connectivity index (χ3n) is 0.905. The lowest BCUT2D eigenvalue weighted by molar-refractivity contribution is -0.119. The van der Waals surface area contributed by atoms with Gasteiger partial charge in [0.1, 0.15) is 0 Å². The van der Waals surface area contributed by atoms with Gasteiger partial charge in [0.05, 0.1) is 26.2 Å². The summed E-state index contributed by atoms with van der Waals surface area (Å²) in [6.07, 6.45) is 0.170. The molecular formula is C6H12NO3. The molecule has 0 aromatic rings. The molecule has 4 nitrogen and oxygen atoms in total. The van der Waals surface area contributed by atoms with E-state index in [0.717, 1.165) is 0 Å². The highest BCUT2D eigenvalue weighted by Gasteiger charge is 1.93. The summed E-state index contributed by atoms with van der Waals surface area (Å²) in [7, 11) is 1.58. The fourth-order valence-corrected chi connectivity index (χ4v) is 0.409. The predicted octanol–water partition coefficient (Wildman–Crippen LogP) is -0.151. The van der Waals surface area contributed by atoms with Gasteiger partial charge in [-0.15, -0.1) is 0 Å². The van der Waals surface area contributed by atoms with Crippen LogP contribution in [0.4, 0.5) is 0 Å². The molecule has 1 radical (unpaired) electrons. The molecule has 0 spiro atoms. The van der Waals surface area contributed by atoms with E-state index >= 15 is 0 Å². The zero-order valence-corrected chi connectivity index (χ0v) is 6.05. The predicted molar refractivity (Wildman–Crippen MR) is 35.4 cm³/mol. The molecule has 0 saturated heterocycles. The summed E-state index contributed by atoms with van der Waals surface area (Å²) in [4.78, 5) is 10.0. The van der Waals surface area contributed by atoms with E-state index in [1.54, 1.807) is 7.11 Å². The maximum atomic E-state index is 10.0. The Labute approximate surface area is 60.3 Å². The molecule has 0 aliphatic carbocycles. The summed E-state index contributed by atoms with van der Waals surface area (Å²) < 4.78 is 9.61. The van der Waals surface area contributed by atoms with Gasteiger partial charge in [-0.05, 0) is 0 Å². The van der Waals surface area contributed by atoms with E-state index in [4.69, 9.17) is 15.2 Å². The third-order valence-corrected chi connectivity index (χ3v) is 0.905. The molecule has 10 heavy (non-hydrogen) atoms. The molecule has 1 N–H and O–H groups in total. The Balaban J connectivity index is 2.84. The normalized spacial score (nSPS) is 9.70. The van der Waals surface area contributed by atoms with Crippen molar-refractivity contribution in [1.82, 2.24) is 5.73 Å². The second-order valence-electron chi connectivity index (χ2n) is 1.78. The fraction of sp³-hybridized carbons (Fsp3) is 0.833. The van der Waals surface area contributed by atoms with E-state index in [1.807, 2.05) is 0 Å². The van der Waals surface area contributed by atoms with Crippen LogP contribution in [-0.2, 0) is 14.3 Å². The van der Waals surface area contributed by atoms with E-state index in [1.165, 1.54) is 0 Å². The summed E-state index contributed by atoms with van der Waals surface area (Å²) in [6.45, 7) is 1.35. The maximum Gasteiger partial charge on any atom is 0.240 e. The van der Waals surface area contributed by atoms with E-state index in [9.17, 15) is 4.79 Å². The summed E-state index contributed by atoms with van der Waals surface area (Å²) in [5, 5.41) is 0. The highest BCUT2D eigenvalue weighted by Crippen LogP contribution is 1.81. The molecule has 0 rings (SSSR count). The minimum atomic E-state index is -0.586. The molecule has 0 aromatic carbocycles. The lowest BCUT2D eigenvalue weighted by atomic mass is 10.4. The van der Waals surface area contributed by atoms with Gasteiger partial charge in [0, 0.05) is 7.11 Å². The second-order valence-corrected chi connectivity index (χ2v) is 1.78. The number of methoxy groups -OCH3 is 1. The Morgan fingerprint density at radius 2 is 2.10 bits per heavy atom. The fourth-order valence-electron chi connectivity index (χ4n) is 0.409. The highest BCUT2D eigenvalue weighted by molar-refractivity contribution is 5.72. The van der Waals surface area contributed by atoms with E-state index < -0.39 is 5.91 Å². The van der Waals surface area contributed by atoms with Gasteiger partial charge in [0.15, 0.2) is 0 Å². The van der Waals surface area contributed by atoms with Crippen LogP contribution >= 0.6 is 0 Å². The van der Waals surface area contributed by atoms with Crippen LogP contribution in [0.2, 0.25) is 0 Å². The van der Waals surface area contributed by atoms with E-state index in [2.05, 4.69) is 0 Å². The van der Waals surface area contributed by atoms with Crippen LogP contribution in [0.1, 0.15) is 6.42 Å². The number of hydrogen-bond donors (Lipinski definition) is 0. The monoisotopic (exact) mass is 146 g/mol. The summed E-state index contributed by atoms with van der Waals surface area (Å²) in [6, 6.07) is 0. The van der Waals surface area contributed by atoms with E-state index in [0.29, 0.717) is 19.8 Å². The van der Waals surface area contributed by atoms with Gasteiger partial charge in [-0.2, -0.15) is 0 Å². The molecule has 4 heteroatoms. The van der Waals surface area contributed by atoms with Crippen LogP contribution in [0.5, 0.6) is 0 Å². The van der Waals surface area contributed by atoms with Crippen molar-refractivity contribution >= 4 is 5.91 Å². The first-order chi connectivity index (χ1) is 4.77. The minimum Gasteiger partial charge on any atom is -0.382 e. The topological polar surface area (TPSA) is 59.3 Å². The van der Waals surface area contributed by atoms with Crippen molar-refractivity contribution in [3.63, 3.8) is 0 Å². The molecule has 59 valence electrons. The Kier molecular flexibility index (Phi) is 6.11. The molecule has 0 aliphatic heterocycles. The zero-order valence-electron chi connectivity index (χ0n) is 6.05. The van der Waals surface area contributed by atoms with Crippen molar-refractivity contribution in [2.24, 2.45) is 0 Å². The van der Waals surface area contributed by atoms with Gasteiger partial charge in [-0.1, -0.05) is 0 Å². The van der Waals surface area contributed by atoms with Crippen LogP contribution in [0.3, 0.4) is 0 Å². The number of hydrogen-bond acceptors (Lipinski definition) is 3. The van der Waals surface area contributed by atoms with Gasteiger partial charge in [0.25, 0.3) is 0 Å². The van der Waals surface area contributed by atoms with Crippen molar-refractivity contribution in [2.75, 3.05) is 26.9 Å². The first kappa shape index (κ1) is 9.39. The lowest BCUT2D eigenvalue weighted by Crippen LogP contribution is -2.07. The molecule has 1 amide bonds. The number of rotatable bonds is 6. The summed E-state index contributed by atoms with van der Waals surface area (Å²) in [5.74, 6) is -0.586. The molecule has 0 fully saturated rings. The smallest absolute Gasteiger partial charge is 0.240 e. The van der Waals surface area contributed by atoms with Gasteiger partial charge in [-0.25, -0.2) is 0 Å². The molecule has 0 aromatic heterocycles. The van der Waals surface area contributed by atoms with Crippen LogP contribution in [0, 0.1) is 0 Å². The van der Waals surface area contributed by atoms with E-state index in [-0.39, 0.29) is 6.42 Å². The van der Waals surface area contributed by atoms with Crippen molar-refractivity contribution in [3.05, 3.63) is 0 Å². The van der Waals surface area contributed by atoms with Gasteiger partial charge in [0.2, 0.25) is 5.91 Å². The van der Waals surface area contributed by atoms with Crippen LogP contribution in [-0.4, -0.2) is 32.8 Å². The van der Waals surface area contributed by atoms with Crippen LogP contribution in [0.25, 0.3) is 0 Å². The number of carbonyl (C=O) groups excluding carboxylic acids is 1. The average molecular weight is 146 g/mol. The molecular weight excluding hydrogens is 134 g/mol. The van der Waals surface area contributed by atoms with Gasteiger partial charge in [-0.3, -0.25) is 10.5 Å². The first-order valence-corrected chi connectivity index (χ1v) is 3.08. The SMILES string of the molecule is COCCOCCC([NH])=O. The average Bonchev–Trinajstić information content (AvgIpc) is 1.87. The zero-order chi connectivity index (χ0) is 7.82. The Bertz CT molecular complexity index is 95.0. The van der Waals surface area contributed by atoms with Crippen LogP contribution in [0.15, 0.2) is 0 Å². The maximum absolute atomic E-state index is 10.0. The molecule has 0 aliphatic rings. The summed E-state index contributed by atoms with van der Waals surface area (Å²) in [5.41, 5.74) is 6.51. The molecule has 0 unspecified atom stereocenters. The number of carbonyl (C=O) groups is 1. The van der Waals surface area contributed by atoms with Crippen molar-refractivity contribution in [1.29, 1.82) is 0 Å². The molecule has 0 bridgehead atoms. The van der Waals surface area contributed by atoms with Gasteiger partial charge >= 0.3 is 0 Å². The van der Waals surface area contributed by atoms with Crippen molar-refractivity contribution in [2.45, 2.75) is 6.42 Å². The van der Waals surface area contributed by atoms with Crippen molar-refractivity contribution in [3.8, 4) is 0 Å². The van der Waals surface area contributed by atoms with Gasteiger partial charge < -0.3 is 9.47 Å². The molecule has 0 saturated carbocycles. The Hall–Kier alpha value is -0.610. The Morgan fingerprint density at radius 1 is 1.40 bits per heavy atom. The van der Waals surface area contributed by atoms with Crippen LogP contribution < -0.4 is 5.73 Å². The second kappa shape index (κ2) is 6.51. The third kappa shape index (κ3) is 7.39. The van der Waals surface area contributed by atoms with Crippen molar-refractivity contribution < 1.29 is 14.3 Å². The largest absolute Gasteiger partial charge is 0.382 e. The Morgan fingerprint density at radius 3 is 2.60 bits per heavy atom. The number of amides is 1. The lowest BCUT2D eigenvalue weighted by Gasteiger charge is -1.99. The first-order valence-electron chi connectivity index (χ1n) is 3.08. The summed E-state index contributed by atoms with van der Waals surface area (Å²) >= 11 is 0. The highest BCUT2D eigenvalue weighted by atomic mass is 16.5. The molecule has 0 heterocycles. The number of nitrogens with one attached hydrogen (secondary N) is 1. The molecule has 0 atom stereocenters.